The third kappa shape index (κ3) is 6.00. The molecule has 2 aromatic rings. The van der Waals surface area contributed by atoms with Crippen LogP contribution >= 0.6 is 11.3 Å². The highest BCUT2D eigenvalue weighted by atomic mass is 32.1. The lowest BCUT2D eigenvalue weighted by atomic mass is 10.2. The van der Waals surface area contributed by atoms with Gasteiger partial charge in [0.15, 0.2) is 6.61 Å². The first-order valence-electron chi connectivity index (χ1n) is 7.48. The molecule has 0 saturated carbocycles. The van der Waals surface area contributed by atoms with E-state index in [0.29, 0.717) is 0 Å². The van der Waals surface area contributed by atoms with Gasteiger partial charge in [-0.3, -0.25) is 14.4 Å². The van der Waals surface area contributed by atoms with Crippen LogP contribution in [0.2, 0.25) is 0 Å². The molecule has 1 aromatic carbocycles. The van der Waals surface area contributed by atoms with Crippen LogP contribution in [0.1, 0.15) is 28.2 Å². The standard InChI is InChI=1S/C17H17FN2O4S/c1-11(14-6-3-7-25-14)20-15(21)10-24-16(22)9-19-17(23)12-4-2-5-13(18)8-12/h2-8,11H,9-10H2,1H3,(H,19,23)(H,20,21)/t11-/m0/s1. The van der Waals surface area contributed by atoms with Crippen molar-refractivity contribution in [1.82, 2.24) is 10.6 Å². The number of hydrogen-bond acceptors (Lipinski definition) is 5. The maximum Gasteiger partial charge on any atom is 0.325 e. The van der Waals surface area contributed by atoms with Crippen molar-refractivity contribution in [2.75, 3.05) is 13.2 Å². The van der Waals surface area contributed by atoms with Crippen LogP contribution in [-0.4, -0.2) is 30.9 Å². The minimum atomic E-state index is -0.760. The number of rotatable bonds is 7. The maximum atomic E-state index is 13.0. The van der Waals surface area contributed by atoms with Crippen LogP contribution in [0.3, 0.4) is 0 Å². The summed E-state index contributed by atoms with van der Waals surface area (Å²) in [4.78, 5) is 36.1. The quantitative estimate of drug-likeness (QED) is 0.737. The van der Waals surface area contributed by atoms with Gasteiger partial charge in [-0.2, -0.15) is 0 Å². The van der Waals surface area contributed by atoms with E-state index in [9.17, 15) is 18.8 Å². The summed E-state index contributed by atoms with van der Waals surface area (Å²) in [6, 6.07) is 8.66. The summed E-state index contributed by atoms with van der Waals surface area (Å²) in [6.45, 7) is 0.970. The number of benzene rings is 1. The van der Waals surface area contributed by atoms with Crippen molar-refractivity contribution in [1.29, 1.82) is 0 Å². The third-order valence-electron chi connectivity index (χ3n) is 3.19. The number of halogens is 1. The zero-order valence-corrected chi connectivity index (χ0v) is 14.3. The second kappa shape index (κ2) is 8.93. The minimum Gasteiger partial charge on any atom is -0.454 e. The van der Waals surface area contributed by atoms with Crippen molar-refractivity contribution in [3.05, 3.63) is 58.0 Å². The van der Waals surface area contributed by atoms with Gasteiger partial charge >= 0.3 is 5.97 Å². The fourth-order valence-corrected chi connectivity index (χ4v) is 2.71. The van der Waals surface area contributed by atoms with Gasteiger partial charge in [0.2, 0.25) is 0 Å². The molecule has 0 fully saturated rings. The molecule has 1 heterocycles. The van der Waals surface area contributed by atoms with Gasteiger partial charge in [-0.15, -0.1) is 11.3 Å². The molecule has 6 nitrogen and oxygen atoms in total. The summed E-state index contributed by atoms with van der Waals surface area (Å²) < 4.78 is 17.8. The van der Waals surface area contributed by atoms with Gasteiger partial charge < -0.3 is 15.4 Å². The normalized spacial score (nSPS) is 11.4. The number of esters is 1. The highest BCUT2D eigenvalue weighted by Crippen LogP contribution is 2.17. The predicted octanol–water partition coefficient (Wildman–Crippen LogP) is 2.04. The van der Waals surface area contributed by atoms with E-state index in [-0.39, 0.29) is 11.6 Å². The smallest absolute Gasteiger partial charge is 0.325 e. The lowest BCUT2D eigenvalue weighted by molar-refractivity contribution is -0.147. The van der Waals surface area contributed by atoms with Crippen LogP contribution in [0.5, 0.6) is 0 Å². The van der Waals surface area contributed by atoms with Gasteiger partial charge in [0.05, 0.1) is 6.04 Å². The fraction of sp³-hybridized carbons (Fsp3) is 0.235. The largest absolute Gasteiger partial charge is 0.454 e. The molecule has 2 N–H and O–H groups in total. The van der Waals surface area contributed by atoms with Gasteiger partial charge in [0, 0.05) is 10.4 Å². The van der Waals surface area contributed by atoms with Gasteiger partial charge in [-0.05, 0) is 36.6 Å². The van der Waals surface area contributed by atoms with Gasteiger partial charge in [0.1, 0.15) is 12.4 Å². The average molecular weight is 364 g/mol. The monoisotopic (exact) mass is 364 g/mol. The molecule has 8 heteroatoms. The molecule has 1 aromatic heterocycles. The molecule has 132 valence electrons. The lowest BCUT2D eigenvalue weighted by Gasteiger charge is -2.12. The molecule has 2 amide bonds. The van der Waals surface area contributed by atoms with E-state index >= 15 is 0 Å². The van der Waals surface area contributed by atoms with Crippen molar-refractivity contribution in [3.8, 4) is 0 Å². The molecule has 25 heavy (non-hydrogen) atoms. The minimum absolute atomic E-state index is 0.0929. The third-order valence-corrected chi connectivity index (χ3v) is 4.25. The number of ether oxygens (including phenoxy) is 1. The van der Waals surface area contributed by atoms with Crippen molar-refractivity contribution in [3.63, 3.8) is 0 Å². The number of carbonyl (C=O) groups excluding carboxylic acids is 3. The molecular formula is C17H17FN2O4S. The van der Waals surface area contributed by atoms with Crippen molar-refractivity contribution in [2.45, 2.75) is 13.0 Å². The van der Waals surface area contributed by atoms with E-state index in [2.05, 4.69) is 10.6 Å². The first-order chi connectivity index (χ1) is 12.0. The van der Waals surface area contributed by atoms with Crippen LogP contribution < -0.4 is 10.6 Å². The van der Waals surface area contributed by atoms with Crippen molar-refractivity contribution in [2.24, 2.45) is 0 Å². The van der Waals surface area contributed by atoms with E-state index in [1.165, 1.54) is 29.5 Å². The van der Waals surface area contributed by atoms with Gasteiger partial charge in [-0.25, -0.2) is 4.39 Å². The van der Waals surface area contributed by atoms with Crippen LogP contribution in [0.15, 0.2) is 41.8 Å². The summed E-state index contributed by atoms with van der Waals surface area (Å²) >= 11 is 1.51. The Bertz CT molecular complexity index is 749. The zero-order valence-electron chi connectivity index (χ0n) is 13.5. The molecular weight excluding hydrogens is 347 g/mol. The van der Waals surface area contributed by atoms with Crippen molar-refractivity contribution < 1.29 is 23.5 Å². The van der Waals surface area contributed by atoms with E-state index in [1.54, 1.807) is 0 Å². The molecule has 1 atom stereocenters. The van der Waals surface area contributed by atoms with Crippen LogP contribution in [0.25, 0.3) is 0 Å². The summed E-state index contributed by atoms with van der Waals surface area (Å²) in [7, 11) is 0. The van der Waals surface area contributed by atoms with E-state index in [0.717, 1.165) is 10.9 Å². The highest BCUT2D eigenvalue weighted by Gasteiger charge is 2.13. The van der Waals surface area contributed by atoms with Gasteiger partial charge in [0.25, 0.3) is 11.8 Å². The number of amides is 2. The fourth-order valence-electron chi connectivity index (χ4n) is 1.97. The summed E-state index contributed by atoms with van der Waals surface area (Å²) in [6.07, 6.45) is 0. The molecule has 2 rings (SSSR count). The molecule has 0 saturated heterocycles. The topological polar surface area (TPSA) is 84.5 Å². The second-order valence-electron chi connectivity index (χ2n) is 5.16. The Kier molecular flexibility index (Phi) is 6.64. The van der Waals surface area contributed by atoms with Crippen LogP contribution in [0, 0.1) is 5.82 Å². The molecule has 0 unspecified atom stereocenters. The Labute approximate surface area is 148 Å². The Morgan fingerprint density at radius 3 is 2.72 bits per heavy atom. The van der Waals surface area contributed by atoms with E-state index in [4.69, 9.17) is 4.74 Å². The van der Waals surface area contributed by atoms with E-state index in [1.807, 2.05) is 24.4 Å². The molecule has 0 bridgehead atoms. The number of carbonyl (C=O) groups is 3. The molecule has 0 aliphatic heterocycles. The maximum absolute atomic E-state index is 13.0. The lowest BCUT2D eigenvalue weighted by Crippen LogP contribution is -2.34. The Morgan fingerprint density at radius 1 is 1.24 bits per heavy atom. The summed E-state index contributed by atoms with van der Waals surface area (Å²) in [5.74, 6) is -2.35. The zero-order chi connectivity index (χ0) is 18.2. The second-order valence-corrected chi connectivity index (χ2v) is 6.14. The summed E-state index contributed by atoms with van der Waals surface area (Å²) in [5, 5.41) is 6.90. The highest BCUT2D eigenvalue weighted by molar-refractivity contribution is 7.10. The van der Waals surface area contributed by atoms with Crippen molar-refractivity contribution >= 4 is 29.1 Å². The first kappa shape index (κ1) is 18.6. The number of thiophene rings is 1. The first-order valence-corrected chi connectivity index (χ1v) is 8.36. The van der Waals surface area contributed by atoms with Crippen LogP contribution in [0.4, 0.5) is 4.39 Å². The average Bonchev–Trinajstić information content (AvgIpc) is 3.12. The van der Waals surface area contributed by atoms with E-state index < -0.39 is 36.8 Å². The molecule has 0 aliphatic rings. The predicted molar refractivity (Wildman–Crippen MR) is 90.6 cm³/mol. The Hall–Kier alpha value is -2.74. The molecule has 0 aliphatic carbocycles. The SMILES string of the molecule is C[C@H](NC(=O)COC(=O)CNC(=O)c1cccc(F)c1)c1cccs1. The molecule has 0 spiro atoms. The number of hydrogen-bond donors (Lipinski definition) is 2. The Balaban J connectivity index is 1.70. The molecule has 0 radical (unpaired) electrons. The van der Waals surface area contributed by atoms with Gasteiger partial charge in [-0.1, -0.05) is 12.1 Å². The Morgan fingerprint density at radius 2 is 2.04 bits per heavy atom. The van der Waals surface area contributed by atoms with Crippen LogP contribution in [-0.2, 0) is 14.3 Å². The summed E-state index contributed by atoms with van der Waals surface area (Å²) in [5.41, 5.74) is 0.0929. The number of nitrogens with one attached hydrogen (secondary N) is 2.